The minimum absolute atomic E-state index is 0.0769. The van der Waals surface area contributed by atoms with Gasteiger partial charge in [-0.1, -0.05) is 23.7 Å². The monoisotopic (exact) mass is 535 g/mol. The average molecular weight is 536 g/mol. The summed E-state index contributed by atoms with van der Waals surface area (Å²) in [5.74, 6) is 0.583. The molecule has 0 saturated carbocycles. The second-order valence-electron chi connectivity index (χ2n) is 8.54. The Morgan fingerprint density at radius 2 is 1.67 bits per heavy atom. The van der Waals surface area contributed by atoms with E-state index in [2.05, 4.69) is 5.32 Å². The fraction of sp³-hybridized carbons (Fsp3) is 0.231. The summed E-state index contributed by atoms with van der Waals surface area (Å²) < 4.78 is 78.1. The molecule has 0 aliphatic carbocycles. The molecule has 2 atom stereocenters. The number of para-hydroxylation sites is 1. The van der Waals surface area contributed by atoms with Gasteiger partial charge < -0.3 is 14.5 Å². The van der Waals surface area contributed by atoms with Crippen molar-refractivity contribution in [2.24, 2.45) is 0 Å². The molecule has 5 rings (SSSR count). The molecule has 1 N–H and O–H groups in total. The van der Waals surface area contributed by atoms with Crippen molar-refractivity contribution in [2.75, 3.05) is 6.54 Å². The zero-order valence-electron chi connectivity index (χ0n) is 18.8. The van der Waals surface area contributed by atoms with E-state index in [1.54, 1.807) is 24.3 Å². The number of sulfone groups is 1. The fourth-order valence-corrected chi connectivity index (χ4v) is 6.15. The summed E-state index contributed by atoms with van der Waals surface area (Å²) >= 11 is 5.96. The van der Waals surface area contributed by atoms with Crippen LogP contribution in [0.5, 0.6) is 5.75 Å². The van der Waals surface area contributed by atoms with Gasteiger partial charge in [0.2, 0.25) is 9.84 Å². The van der Waals surface area contributed by atoms with Gasteiger partial charge in [0.05, 0.1) is 16.5 Å². The first-order chi connectivity index (χ1) is 17.1. The lowest BCUT2D eigenvalue weighted by Gasteiger charge is -2.30. The van der Waals surface area contributed by atoms with E-state index in [1.165, 1.54) is 36.4 Å². The molecule has 36 heavy (non-hydrogen) atoms. The normalized spacial score (nSPS) is 18.9. The molecule has 3 aromatic carbocycles. The molecule has 0 spiro atoms. The van der Waals surface area contributed by atoms with Gasteiger partial charge in [-0.05, 0) is 73.6 Å². The highest BCUT2D eigenvalue weighted by atomic mass is 35.5. The lowest BCUT2D eigenvalue weighted by atomic mass is 9.99. The first-order valence-corrected chi connectivity index (χ1v) is 13.1. The van der Waals surface area contributed by atoms with E-state index in [0.717, 1.165) is 12.1 Å². The summed E-state index contributed by atoms with van der Waals surface area (Å²) in [4.78, 5) is 0.168. The number of hydrogen-bond acceptors (Lipinski definition) is 5. The Kier molecular flexibility index (Phi) is 6.48. The van der Waals surface area contributed by atoms with E-state index in [1.807, 2.05) is 0 Å². The van der Waals surface area contributed by atoms with Gasteiger partial charge in [-0.25, -0.2) is 8.42 Å². The van der Waals surface area contributed by atoms with Crippen molar-refractivity contribution in [3.8, 4) is 5.75 Å². The average Bonchev–Trinajstić information content (AvgIpc) is 3.25. The minimum Gasteiger partial charge on any atom is -0.490 e. The number of nitrogens with one attached hydrogen (secondary N) is 1. The van der Waals surface area contributed by atoms with Crippen LogP contribution in [0.1, 0.15) is 30.2 Å². The predicted octanol–water partition coefficient (Wildman–Crippen LogP) is 6.81. The van der Waals surface area contributed by atoms with Crippen LogP contribution in [0.2, 0.25) is 5.02 Å². The number of fused-ring (bicyclic) bond motifs is 1. The molecule has 0 amide bonds. The van der Waals surface area contributed by atoms with Gasteiger partial charge in [-0.15, -0.1) is 0 Å². The number of furan rings is 1. The van der Waals surface area contributed by atoms with Gasteiger partial charge in [-0.3, -0.25) is 0 Å². The maximum absolute atomic E-state index is 13.7. The Balaban J connectivity index is 1.47. The van der Waals surface area contributed by atoms with Crippen molar-refractivity contribution >= 4 is 32.4 Å². The van der Waals surface area contributed by atoms with Crippen molar-refractivity contribution in [1.82, 2.24) is 5.32 Å². The quantitative estimate of drug-likeness (QED) is 0.304. The number of benzene rings is 3. The predicted molar refractivity (Wildman–Crippen MR) is 129 cm³/mol. The molecule has 5 nitrogen and oxygen atoms in total. The van der Waals surface area contributed by atoms with E-state index in [-0.39, 0.29) is 21.7 Å². The smallest absolute Gasteiger partial charge is 0.416 e. The first-order valence-electron chi connectivity index (χ1n) is 11.2. The SMILES string of the molecule is O=S(=O)(c1ccc(Cl)cc1)c1c(C2CC(Oc3ccc(C(F)(F)F)cc3)CCN2)oc2ccccc12. The largest absolute Gasteiger partial charge is 0.490 e. The molecular formula is C26H21ClF3NO4S. The van der Waals surface area contributed by atoms with Gasteiger partial charge in [0.25, 0.3) is 0 Å². The van der Waals surface area contributed by atoms with Crippen LogP contribution in [-0.4, -0.2) is 21.1 Å². The minimum atomic E-state index is -4.42. The summed E-state index contributed by atoms with van der Waals surface area (Å²) in [7, 11) is -3.95. The third-order valence-electron chi connectivity index (χ3n) is 6.12. The van der Waals surface area contributed by atoms with Crippen LogP contribution >= 0.6 is 11.6 Å². The second kappa shape index (κ2) is 9.46. The standard InChI is InChI=1S/C26H21ClF3NO4S/c27-17-7-11-20(12-8-17)36(32,33)25-21-3-1-2-4-23(21)35-24(25)22-15-19(13-14-31-22)34-18-9-5-16(6-10-18)26(28,29)30/h1-12,19,22,31H,13-15H2. The number of hydrogen-bond donors (Lipinski definition) is 1. The number of piperidine rings is 1. The summed E-state index contributed by atoms with van der Waals surface area (Å²) in [6.07, 6.45) is -3.82. The molecule has 0 bridgehead atoms. The van der Waals surface area contributed by atoms with Gasteiger partial charge in [0.15, 0.2) is 0 Å². The summed E-state index contributed by atoms with van der Waals surface area (Å²) in [6.45, 7) is 0.507. The Morgan fingerprint density at radius 3 is 2.36 bits per heavy atom. The van der Waals surface area contributed by atoms with Crippen LogP contribution in [0, 0.1) is 0 Å². The maximum Gasteiger partial charge on any atom is 0.416 e. The topological polar surface area (TPSA) is 68.5 Å². The summed E-state index contributed by atoms with van der Waals surface area (Å²) in [6, 6.07) is 16.9. The molecule has 2 unspecified atom stereocenters. The summed E-state index contributed by atoms with van der Waals surface area (Å²) in [5, 5.41) is 4.19. The van der Waals surface area contributed by atoms with Crippen molar-refractivity contribution in [2.45, 2.75) is 41.0 Å². The summed E-state index contributed by atoms with van der Waals surface area (Å²) in [5.41, 5.74) is -0.315. The molecule has 188 valence electrons. The van der Waals surface area contributed by atoms with Crippen molar-refractivity contribution in [3.63, 3.8) is 0 Å². The lowest BCUT2D eigenvalue weighted by molar-refractivity contribution is -0.137. The molecule has 10 heteroatoms. The van der Waals surface area contributed by atoms with E-state index < -0.39 is 27.6 Å². The zero-order chi connectivity index (χ0) is 25.5. The van der Waals surface area contributed by atoms with Crippen LogP contribution in [0.25, 0.3) is 11.0 Å². The molecule has 1 saturated heterocycles. The van der Waals surface area contributed by atoms with E-state index in [0.29, 0.717) is 41.1 Å². The highest BCUT2D eigenvalue weighted by Gasteiger charge is 2.35. The highest BCUT2D eigenvalue weighted by molar-refractivity contribution is 7.91. The zero-order valence-corrected chi connectivity index (χ0v) is 20.3. The highest BCUT2D eigenvalue weighted by Crippen LogP contribution is 2.40. The van der Waals surface area contributed by atoms with Crippen LogP contribution in [0.4, 0.5) is 13.2 Å². The molecule has 1 aliphatic heterocycles. The van der Waals surface area contributed by atoms with Crippen LogP contribution in [-0.2, 0) is 16.0 Å². The Labute approximate surface area is 210 Å². The number of rotatable bonds is 5. The number of halogens is 4. The lowest BCUT2D eigenvalue weighted by Crippen LogP contribution is -2.37. The number of alkyl halides is 3. The Morgan fingerprint density at radius 1 is 0.972 bits per heavy atom. The van der Waals surface area contributed by atoms with E-state index in [4.69, 9.17) is 20.8 Å². The van der Waals surface area contributed by atoms with Gasteiger partial charge in [0.1, 0.15) is 28.1 Å². The molecule has 0 radical (unpaired) electrons. The molecule has 1 aliphatic rings. The molecular weight excluding hydrogens is 515 g/mol. The van der Waals surface area contributed by atoms with Gasteiger partial charge in [-0.2, -0.15) is 13.2 Å². The third-order valence-corrected chi connectivity index (χ3v) is 8.23. The molecule has 1 fully saturated rings. The van der Waals surface area contributed by atoms with Crippen molar-refractivity contribution in [1.29, 1.82) is 0 Å². The fourth-order valence-electron chi connectivity index (χ4n) is 4.38. The molecule has 1 aromatic heterocycles. The van der Waals surface area contributed by atoms with Crippen LogP contribution in [0.15, 0.2) is 87.0 Å². The second-order valence-corrected chi connectivity index (χ2v) is 10.9. The third kappa shape index (κ3) is 4.83. The Bertz CT molecular complexity index is 1480. The van der Waals surface area contributed by atoms with E-state index >= 15 is 0 Å². The maximum atomic E-state index is 13.7. The molecule has 4 aromatic rings. The first kappa shape index (κ1) is 24.7. The van der Waals surface area contributed by atoms with Crippen molar-refractivity contribution in [3.05, 3.63) is 89.1 Å². The molecule has 2 heterocycles. The van der Waals surface area contributed by atoms with Crippen LogP contribution < -0.4 is 10.1 Å². The van der Waals surface area contributed by atoms with Gasteiger partial charge >= 0.3 is 6.18 Å². The van der Waals surface area contributed by atoms with Gasteiger partial charge in [0, 0.05) is 16.8 Å². The van der Waals surface area contributed by atoms with Crippen molar-refractivity contribution < 1.29 is 30.7 Å². The van der Waals surface area contributed by atoms with Crippen LogP contribution in [0.3, 0.4) is 0 Å². The van der Waals surface area contributed by atoms with E-state index in [9.17, 15) is 21.6 Å². The number of ether oxygens (including phenoxy) is 1. The Hall–Kier alpha value is -3.01.